The van der Waals surface area contributed by atoms with Crippen molar-refractivity contribution < 1.29 is 18.0 Å². The molecule has 0 fully saturated rings. The molecule has 208 valence electrons. The highest BCUT2D eigenvalue weighted by Gasteiger charge is 2.34. The zero-order valence-electron chi connectivity index (χ0n) is 21.8. The average Bonchev–Trinajstić information content (AvgIpc) is 2.89. The third-order valence-electron chi connectivity index (χ3n) is 5.87. The predicted molar refractivity (Wildman–Crippen MR) is 157 cm³/mol. The molecule has 0 radical (unpaired) electrons. The maximum Gasteiger partial charge on any atom is 0.264 e. The molecule has 0 aliphatic carbocycles. The van der Waals surface area contributed by atoms with E-state index in [4.69, 9.17) is 34.8 Å². The van der Waals surface area contributed by atoms with Crippen LogP contribution in [0.2, 0.25) is 15.1 Å². The van der Waals surface area contributed by atoms with Gasteiger partial charge < -0.3 is 10.2 Å². The fraction of sp³-hybridized carbons (Fsp3) is 0.286. The molecule has 39 heavy (non-hydrogen) atoms. The van der Waals surface area contributed by atoms with E-state index in [1.165, 1.54) is 35.2 Å². The fourth-order valence-corrected chi connectivity index (χ4v) is 6.00. The standard InChI is InChI=1S/C28H30Cl3N3O4S/c1-4-25(28(36)32-19(2)3)33(17-20-10-12-21(29)13-11-20)27(35)18-34(26-16-22(30)14-15-24(26)31)39(37,38)23-8-6-5-7-9-23/h5-16,19,25H,4,17-18H2,1-3H3,(H,32,36). The molecule has 0 spiro atoms. The zero-order valence-corrected chi connectivity index (χ0v) is 24.9. The van der Waals surface area contributed by atoms with Gasteiger partial charge in [0.15, 0.2) is 0 Å². The molecule has 0 saturated heterocycles. The van der Waals surface area contributed by atoms with Crippen LogP contribution in [0.1, 0.15) is 32.8 Å². The monoisotopic (exact) mass is 609 g/mol. The molecule has 1 atom stereocenters. The molecule has 11 heteroatoms. The number of benzene rings is 3. The second-order valence-corrected chi connectivity index (χ2v) is 12.3. The minimum Gasteiger partial charge on any atom is -0.352 e. The fourth-order valence-electron chi connectivity index (χ4n) is 4.00. The summed E-state index contributed by atoms with van der Waals surface area (Å²) in [6.45, 7) is 4.88. The van der Waals surface area contributed by atoms with E-state index >= 15 is 0 Å². The van der Waals surface area contributed by atoms with Crippen LogP contribution in [0.4, 0.5) is 5.69 Å². The summed E-state index contributed by atoms with van der Waals surface area (Å²) in [7, 11) is -4.25. The summed E-state index contributed by atoms with van der Waals surface area (Å²) in [6.07, 6.45) is 0.307. The number of carbonyl (C=O) groups is 2. The summed E-state index contributed by atoms with van der Waals surface area (Å²) in [6, 6.07) is 18.0. The second-order valence-electron chi connectivity index (χ2n) is 9.16. The van der Waals surface area contributed by atoms with E-state index < -0.39 is 28.5 Å². The summed E-state index contributed by atoms with van der Waals surface area (Å²) in [4.78, 5) is 28.5. The van der Waals surface area contributed by atoms with Gasteiger partial charge in [-0.2, -0.15) is 0 Å². The van der Waals surface area contributed by atoms with Crippen LogP contribution in [0.5, 0.6) is 0 Å². The van der Waals surface area contributed by atoms with Crippen LogP contribution in [0.3, 0.4) is 0 Å². The molecule has 2 amide bonds. The number of rotatable bonds is 11. The van der Waals surface area contributed by atoms with E-state index in [2.05, 4.69) is 5.32 Å². The Hall–Kier alpha value is -2.78. The molecule has 0 bridgehead atoms. The van der Waals surface area contributed by atoms with Crippen molar-refractivity contribution in [3.8, 4) is 0 Å². The largest absolute Gasteiger partial charge is 0.352 e. The summed E-state index contributed by atoms with van der Waals surface area (Å²) < 4.78 is 28.6. The summed E-state index contributed by atoms with van der Waals surface area (Å²) >= 11 is 18.7. The van der Waals surface area contributed by atoms with Gasteiger partial charge in [0.1, 0.15) is 12.6 Å². The molecule has 0 aliphatic heterocycles. The molecular weight excluding hydrogens is 581 g/mol. The van der Waals surface area contributed by atoms with E-state index in [-0.39, 0.29) is 39.1 Å². The van der Waals surface area contributed by atoms with E-state index in [1.54, 1.807) is 49.4 Å². The van der Waals surface area contributed by atoms with Gasteiger partial charge in [-0.05, 0) is 68.3 Å². The Balaban J connectivity index is 2.09. The number of sulfonamides is 1. The molecule has 3 rings (SSSR count). The molecular formula is C28H30Cl3N3O4S. The molecule has 0 saturated carbocycles. The third kappa shape index (κ3) is 7.88. The Bertz CT molecular complexity index is 1400. The second kappa shape index (κ2) is 13.5. The van der Waals surface area contributed by atoms with Gasteiger partial charge in [0.05, 0.1) is 15.6 Å². The number of amides is 2. The highest BCUT2D eigenvalue weighted by molar-refractivity contribution is 7.92. The molecule has 1 unspecified atom stereocenters. The minimum absolute atomic E-state index is 0.0253. The first-order valence-corrected chi connectivity index (χ1v) is 14.9. The minimum atomic E-state index is -4.25. The first kappa shape index (κ1) is 30.8. The number of hydrogen-bond donors (Lipinski definition) is 1. The van der Waals surface area contributed by atoms with E-state index in [0.717, 1.165) is 9.87 Å². The maximum atomic E-state index is 14.0. The van der Waals surface area contributed by atoms with E-state index in [9.17, 15) is 18.0 Å². The van der Waals surface area contributed by atoms with Gasteiger partial charge in [-0.1, -0.05) is 72.1 Å². The van der Waals surface area contributed by atoms with Crippen LogP contribution in [0.25, 0.3) is 0 Å². The Morgan fingerprint density at radius 2 is 1.51 bits per heavy atom. The summed E-state index contributed by atoms with van der Waals surface area (Å²) in [5.74, 6) is -0.931. The lowest BCUT2D eigenvalue weighted by molar-refractivity contribution is -0.140. The number of hydrogen-bond acceptors (Lipinski definition) is 4. The lowest BCUT2D eigenvalue weighted by atomic mass is 10.1. The quantitative estimate of drug-likeness (QED) is 0.281. The van der Waals surface area contributed by atoms with Crippen molar-refractivity contribution in [1.82, 2.24) is 10.2 Å². The summed E-state index contributed by atoms with van der Waals surface area (Å²) in [5.41, 5.74) is 0.772. The van der Waals surface area contributed by atoms with Gasteiger partial charge in [-0.3, -0.25) is 13.9 Å². The van der Waals surface area contributed by atoms with Crippen LogP contribution in [-0.2, 0) is 26.2 Å². The van der Waals surface area contributed by atoms with Crippen LogP contribution in [0, 0.1) is 0 Å². The molecule has 0 aromatic heterocycles. The van der Waals surface area contributed by atoms with Crippen LogP contribution in [-0.4, -0.2) is 43.8 Å². The Labute approximate surface area is 244 Å². The number of nitrogens with zero attached hydrogens (tertiary/aromatic N) is 2. The van der Waals surface area contributed by atoms with Gasteiger partial charge in [0.25, 0.3) is 10.0 Å². The Morgan fingerprint density at radius 3 is 2.10 bits per heavy atom. The van der Waals surface area contributed by atoms with Crippen molar-refractivity contribution in [3.05, 3.63) is 93.4 Å². The lowest BCUT2D eigenvalue weighted by Crippen LogP contribution is -2.53. The first-order valence-electron chi connectivity index (χ1n) is 12.3. The lowest BCUT2D eigenvalue weighted by Gasteiger charge is -2.33. The van der Waals surface area contributed by atoms with Crippen molar-refractivity contribution in [2.75, 3.05) is 10.8 Å². The van der Waals surface area contributed by atoms with Crippen LogP contribution >= 0.6 is 34.8 Å². The zero-order chi connectivity index (χ0) is 28.7. The van der Waals surface area contributed by atoms with Crippen LogP contribution < -0.4 is 9.62 Å². The molecule has 3 aromatic carbocycles. The van der Waals surface area contributed by atoms with E-state index in [0.29, 0.717) is 11.4 Å². The smallest absolute Gasteiger partial charge is 0.264 e. The number of halogens is 3. The molecule has 0 aliphatic rings. The van der Waals surface area contributed by atoms with Gasteiger partial charge in [-0.25, -0.2) is 8.42 Å². The van der Waals surface area contributed by atoms with Gasteiger partial charge in [0.2, 0.25) is 11.8 Å². The number of nitrogens with one attached hydrogen (secondary N) is 1. The van der Waals surface area contributed by atoms with E-state index in [1.807, 2.05) is 13.8 Å². The predicted octanol–water partition coefficient (Wildman–Crippen LogP) is 6.17. The van der Waals surface area contributed by atoms with Gasteiger partial charge in [0, 0.05) is 22.6 Å². The highest BCUT2D eigenvalue weighted by atomic mass is 35.5. The van der Waals surface area contributed by atoms with Crippen LogP contribution in [0.15, 0.2) is 77.7 Å². The average molecular weight is 611 g/mol. The van der Waals surface area contributed by atoms with Crippen molar-refractivity contribution in [2.45, 2.75) is 50.7 Å². The topological polar surface area (TPSA) is 86.8 Å². The molecule has 1 N–H and O–H groups in total. The SMILES string of the molecule is CCC(C(=O)NC(C)C)N(Cc1ccc(Cl)cc1)C(=O)CN(c1cc(Cl)ccc1Cl)S(=O)(=O)c1ccccc1. The van der Waals surface area contributed by atoms with Crippen molar-refractivity contribution >= 4 is 62.3 Å². The number of anilines is 1. The normalized spacial score (nSPS) is 12.2. The number of carbonyl (C=O) groups excluding carboxylic acids is 2. The third-order valence-corrected chi connectivity index (χ3v) is 8.45. The summed E-state index contributed by atoms with van der Waals surface area (Å²) in [5, 5.41) is 3.73. The van der Waals surface area contributed by atoms with Crippen molar-refractivity contribution in [3.63, 3.8) is 0 Å². The molecule has 7 nitrogen and oxygen atoms in total. The highest BCUT2D eigenvalue weighted by Crippen LogP contribution is 2.33. The van der Waals surface area contributed by atoms with Gasteiger partial charge in [-0.15, -0.1) is 0 Å². The van der Waals surface area contributed by atoms with Crippen molar-refractivity contribution in [2.24, 2.45) is 0 Å². The van der Waals surface area contributed by atoms with Crippen molar-refractivity contribution in [1.29, 1.82) is 0 Å². The first-order chi connectivity index (χ1) is 18.4. The Morgan fingerprint density at radius 1 is 0.897 bits per heavy atom. The molecule has 3 aromatic rings. The van der Waals surface area contributed by atoms with Gasteiger partial charge >= 0.3 is 0 Å². The maximum absolute atomic E-state index is 14.0. The Kier molecular flexibility index (Phi) is 10.7. The molecule has 0 heterocycles.